The van der Waals surface area contributed by atoms with Gasteiger partial charge in [0.15, 0.2) is 9.84 Å². The van der Waals surface area contributed by atoms with Crippen molar-refractivity contribution in [2.75, 3.05) is 7.11 Å². The molecule has 1 fully saturated rings. The average molecular weight is 516 g/mol. The molecular weight excluding hydrogens is 500 g/mol. The summed E-state index contributed by atoms with van der Waals surface area (Å²) in [5.41, 5.74) is -7.72. The molecule has 0 bridgehead atoms. The first-order valence-electron chi connectivity index (χ1n) is 9.52. The Morgan fingerprint density at radius 2 is 1.35 bits per heavy atom. The second-order valence-electron chi connectivity index (χ2n) is 7.81. The van der Waals surface area contributed by atoms with Crippen LogP contribution in [0.15, 0.2) is 53.4 Å². The van der Waals surface area contributed by atoms with E-state index in [2.05, 4.69) is 4.74 Å². The van der Waals surface area contributed by atoms with Crippen LogP contribution in [0.25, 0.3) is 0 Å². The number of carbonyl (C=O) groups excluding carboxylic acids is 1. The van der Waals surface area contributed by atoms with Gasteiger partial charge in [-0.3, -0.25) is 4.79 Å². The summed E-state index contributed by atoms with van der Waals surface area (Å²) in [5, 5.41) is 0. The van der Waals surface area contributed by atoms with E-state index in [1.807, 2.05) is 0 Å². The molecule has 1 aliphatic carbocycles. The summed E-state index contributed by atoms with van der Waals surface area (Å²) in [5.74, 6) is -2.44. The maximum atomic E-state index is 14.3. The lowest BCUT2D eigenvalue weighted by Crippen LogP contribution is -2.51. The molecule has 0 heterocycles. The highest BCUT2D eigenvalue weighted by molar-refractivity contribution is 7.92. The van der Waals surface area contributed by atoms with Crippen LogP contribution in [0.5, 0.6) is 0 Å². The lowest BCUT2D eigenvalue weighted by atomic mass is 9.70. The Morgan fingerprint density at radius 1 is 0.882 bits per heavy atom. The average Bonchev–Trinajstić information content (AvgIpc) is 2.71. The summed E-state index contributed by atoms with van der Waals surface area (Å²) >= 11 is 0. The van der Waals surface area contributed by atoms with Crippen molar-refractivity contribution in [1.82, 2.24) is 0 Å². The van der Waals surface area contributed by atoms with Crippen LogP contribution in [0, 0.1) is 11.7 Å². The van der Waals surface area contributed by atoms with E-state index in [0.29, 0.717) is 12.1 Å². The van der Waals surface area contributed by atoms with Crippen LogP contribution in [0.3, 0.4) is 0 Å². The summed E-state index contributed by atoms with van der Waals surface area (Å²) in [6, 6.07) is 5.30. The summed E-state index contributed by atoms with van der Waals surface area (Å²) < 4.78 is 135. The Morgan fingerprint density at radius 3 is 1.76 bits per heavy atom. The normalized spacial score (nSPS) is 21.6. The van der Waals surface area contributed by atoms with Crippen LogP contribution in [0.4, 0.5) is 35.1 Å². The first-order valence-corrected chi connectivity index (χ1v) is 11.0. The third-order valence-corrected chi connectivity index (χ3v) is 8.41. The van der Waals surface area contributed by atoms with Crippen LogP contribution in [-0.4, -0.2) is 33.8 Å². The van der Waals surface area contributed by atoms with E-state index in [-0.39, 0.29) is 22.6 Å². The zero-order valence-electron chi connectivity index (χ0n) is 17.2. The zero-order chi connectivity index (χ0) is 25.7. The maximum Gasteiger partial charge on any atom is 0.435 e. The second kappa shape index (κ2) is 8.21. The number of rotatable bonds is 5. The summed E-state index contributed by atoms with van der Waals surface area (Å²) in [7, 11) is -3.37. The minimum atomic E-state index is -6.34. The van der Waals surface area contributed by atoms with E-state index in [4.69, 9.17) is 0 Å². The number of halogens is 8. The third-order valence-electron chi connectivity index (χ3n) is 5.92. The Balaban J connectivity index is 2.12. The van der Waals surface area contributed by atoms with Crippen LogP contribution in [0.2, 0.25) is 0 Å². The topological polar surface area (TPSA) is 60.4 Å². The van der Waals surface area contributed by atoms with E-state index in [1.165, 1.54) is 0 Å². The number of hydrogen-bond acceptors (Lipinski definition) is 4. The molecule has 0 unspecified atom stereocenters. The molecule has 3 rings (SSSR count). The van der Waals surface area contributed by atoms with Gasteiger partial charge in [-0.1, -0.05) is 24.3 Å². The van der Waals surface area contributed by atoms with Crippen molar-refractivity contribution >= 4 is 15.8 Å². The Labute approximate surface area is 188 Å². The third kappa shape index (κ3) is 3.83. The summed E-state index contributed by atoms with van der Waals surface area (Å²) in [4.78, 5) is 11.5. The largest absolute Gasteiger partial charge is 0.469 e. The molecule has 4 nitrogen and oxygen atoms in total. The molecule has 34 heavy (non-hydrogen) atoms. The Kier molecular flexibility index (Phi) is 6.25. The minimum Gasteiger partial charge on any atom is -0.469 e. The van der Waals surface area contributed by atoms with Gasteiger partial charge < -0.3 is 4.74 Å². The van der Waals surface area contributed by atoms with Crippen molar-refractivity contribution < 1.29 is 53.1 Å². The lowest BCUT2D eigenvalue weighted by Gasteiger charge is -2.46. The number of methoxy groups -OCH3 is 1. The minimum absolute atomic E-state index is 0.212. The van der Waals surface area contributed by atoms with E-state index in [0.717, 1.165) is 31.4 Å². The highest BCUT2D eigenvalue weighted by Crippen LogP contribution is 2.56. The van der Waals surface area contributed by atoms with Crippen LogP contribution >= 0.6 is 0 Å². The second-order valence-corrected chi connectivity index (χ2v) is 10.1. The number of hydrogen-bond donors (Lipinski definition) is 0. The first-order chi connectivity index (χ1) is 15.5. The number of benzene rings is 2. The Hall–Kier alpha value is -2.70. The molecule has 0 saturated heterocycles. The van der Waals surface area contributed by atoms with Gasteiger partial charge in [-0.15, -0.1) is 0 Å². The van der Waals surface area contributed by atoms with E-state index < -0.39 is 68.7 Å². The predicted octanol–water partition coefficient (Wildman–Crippen LogP) is 5.37. The molecule has 0 atom stereocenters. The van der Waals surface area contributed by atoms with Gasteiger partial charge in [0.05, 0.1) is 17.9 Å². The quantitative estimate of drug-likeness (QED) is 0.305. The molecular formula is C21H16F8O4S. The maximum absolute atomic E-state index is 14.3. The van der Waals surface area contributed by atoms with Gasteiger partial charge in [-0.25, -0.2) is 17.2 Å². The van der Waals surface area contributed by atoms with Crippen molar-refractivity contribution in [2.45, 2.75) is 40.5 Å². The highest BCUT2D eigenvalue weighted by atomic mass is 32.2. The smallest absolute Gasteiger partial charge is 0.435 e. The van der Waals surface area contributed by atoms with Gasteiger partial charge in [0.25, 0.3) is 0 Å². The van der Waals surface area contributed by atoms with E-state index in [1.54, 1.807) is 0 Å². The van der Waals surface area contributed by atoms with Crippen LogP contribution in [0.1, 0.15) is 24.0 Å². The zero-order valence-corrected chi connectivity index (χ0v) is 18.0. The van der Waals surface area contributed by atoms with Crippen LogP contribution in [-0.2, 0) is 29.8 Å². The molecule has 2 aromatic rings. The first kappa shape index (κ1) is 25.9. The van der Waals surface area contributed by atoms with Gasteiger partial charge in [-0.2, -0.15) is 26.3 Å². The van der Waals surface area contributed by atoms with Crippen molar-refractivity contribution in [1.29, 1.82) is 0 Å². The Bertz CT molecular complexity index is 1150. The van der Waals surface area contributed by atoms with Gasteiger partial charge >= 0.3 is 24.0 Å². The van der Waals surface area contributed by atoms with Gasteiger partial charge in [0.2, 0.25) is 0 Å². The fourth-order valence-corrected chi connectivity index (χ4v) is 6.24. The molecule has 0 aliphatic heterocycles. The van der Waals surface area contributed by atoms with Crippen LogP contribution < -0.4 is 0 Å². The van der Waals surface area contributed by atoms with E-state index in [9.17, 15) is 48.3 Å². The summed E-state index contributed by atoms with van der Waals surface area (Å²) in [6.45, 7) is 0. The van der Waals surface area contributed by atoms with E-state index >= 15 is 0 Å². The summed E-state index contributed by atoms with van der Waals surface area (Å²) in [6.07, 6.45) is -13.5. The standard InChI is InChI=1S/C21H16F8O4S/c1-33-17(30)12-10-18(11-12,34(31,32)16-8-6-15(22)7-9-16)13-2-4-14(5-3-13)19(23,20(24,25)26)21(27,28)29/h2-9,12H,10-11H2,1H3/t12-,18+. The highest BCUT2D eigenvalue weighted by Gasteiger charge is 2.73. The number of sulfone groups is 1. The fourth-order valence-electron chi connectivity index (χ4n) is 4.01. The number of alkyl halides is 7. The number of carbonyl (C=O) groups is 1. The monoisotopic (exact) mass is 516 g/mol. The van der Waals surface area contributed by atoms with Crippen molar-refractivity contribution in [3.63, 3.8) is 0 Å². The molecule has 0 spiro atoms. The molecule has 0 amide bonds. The molecule has 186 valence electrons. The molecule has 2 aromatic carbocycles. The fraction of sp³-hybridized carbons (Fsp3) is 0.381. The molecule has 1 aliphatic rings. The SMILES string of the molecule is COC(=O)[C@H]1C[C@@](c2ccc(C(F)(C(F)(F)F)C(F)(F)F)cc2)(S(=O)(=O)c2ccc(F)cc2)C1. The van der Waals surface area contributed by atoms with Crippen molar-refractivity contribution in [3.05, 3.63) is 65.5 Å². The molecule has 1 saturated carbocycles. The van der Waals surface area contributed by atoms with Crippen molar-refractivity contribution in [2.24, 2.45) is 5.92 Å². The van der Waals surface area contributed by atoms with Gasteiger partial charge in [-0.05, 0) is 42.7 Å². The van der Waals surface area contributed by atoms with Crippen molar-refractivity contribution in [3.8, 4) is 0 Å². The molecule has 0 N–H and O–H groups in total. The van der Waals surface area contributed by atoms with Gasteiger partial charge in [0.1, 0.15) is 10.6 Å². The number of esters is 1. The molecule has 13 heteroatoms. The predicted molar refractivity (Wildman–Crippen MR) is 101 cm³/mol. The number of ether oxygens (including phenoxy) is 1. The lowest BCUT2D eigenvalue weighted by molar-refractivity contribution is -0.348. The molecule has 0 radical (unpaired) electrons. The van der Waals surface area contributed by atoms with Gasteiger partial charge in [0, 0.05) is 5.56 Å². The molecule has 0 aromatic heterocycles.